The van der Waals surface area contributed by atoms with Crippen molar-refractivity contribution >= 4 is 11.6 Å². The van der Waals surface area contributed by atoms with Gasteiger partial charge in [0.1, 0.15) is 0 Å². The largest absolute Gasteiger partial charge is 0.314 e. The van der Waals surface area contributed by atoms with Gasteiger partial charge in [-0.3, -0.25) is 9.69 Å². The van der Waals surface area contributed by atoms with E-state index in [0.29, 0.717) is 6.04 Å². The van der Waals surface area contributed by atoms with Crippen molar-refractivity contribution in [3.63, 3.8) is 0 Å². The highest BCUT2D eigenvalue weighted by Gasteiger charge is 2.25. The summed E-state index contributed by atoms with van der Waals surface area (Å²) in [5, 5.41) is 3.42. The van der Waals surface area contributed by atoms with Crippen LogP contribution in [0.5, 0.6) is 0 Å². The molecular formula is C20H31N3O. The fourth-order valence-corrected chi connectivity index (χ4v) is 3.91. The van der Waals surface area contributed by atoms with Crippen LogP contribution in [0, 0.1) is 5.92 Å². The number of hydrogen-bond donors (Lipinski definition) is 1. The van der Waals surface area contributed by atoms with Gasteiger partial charge in [-0.25, -0.2) is 0 Å². The summed E-state index contributed by atoms with van der Waals surface area (Å²) in [5.74, 6) is 0.307. The van der Waals surface area contributed by atoms with Crippen LogP contribution in [0.25, 0.3) is 0 Å². The average Bonchev–Trinajstić information content (AvgIpc) is 2.61. The number of fused-ring (bicyclic) bond motifs is 1. The molecule has 0 saturated carbocycles. The molecule has 4 nitrogen and oxygen atoms in total. The molecule has 1 fully saturated rings. The van der Waals surface area contributed by atoms with Crippen LogP contribution < -0.4 is 10.2 Å². The summed E-state index contributed by atoms with van der Waals surface area (Å²) < 4.78 is 0. The molecule has 24 heavy (non-hydrogen) atoms. The van der Waals surface area contributed by atoms with Gasteiger partial charge in [-0.1, -0.05) is 26.0 Å². The summed E-state index contributed by atoms with van der Waals surface area (Å²) in [6.45, 7) is 11.6. The van der Waals surface area contributed by atoms with E-state index >= 15 is 0 Å². The van der Waals surface area contributed by atoms with E-state index in [0.717, 1.165) is 57.7 Å². The maximum absolute atomic E-state index is 12.4. The highest BCUT2D eigenvalue weighted by molar-refractivity contribution is 5.95. The summed E-state index contributed by atoms with van der Waals surface area (Å²) in [6.07, 6.45) is 3.25. The number of carbonyl (C=O) groups excluding carboxylic acids is 1. The lowest BCUT2D eigenvalue weighted by Gasteiger charge is -2.34. The molecule has 2 aliphatic heterocycles. The third kappa shape index (κ3) is 3.81. The Kier molecular flexibility index (Phi) is 5.57. The fraction of sp³-hybridized carbons (Fsp3) is 0.650. The van der Waals surface area contributed by atoms with E-state index in [4.69, 9.17) is 0 Å². The maximum Gasteiger partial charge on any atom is 0.229 e. The Morgan fingerprint density at radius 2 is 1.92 bits per heavy atom. The Bertz CT molecular complexity index is 578. The molecule has 0 radical (unpaired) electrons. The van der Waals surface area contributed by atoms with Crippen LogP contribution >= 0.6 is 0 Å². The van der Waals surface area contributed by atoms with Crippen molar-refractivity contribution in [3.8, 4) is 0 Å². The first-order valence-electron chi connectivity index (χ1n) is 9.44. The zero-order valence-electron chi connectivity index (χ0n) is 15.3. The van der Waals surface area contributed by atoms with Gasteiger partial charge in [-0.2, -0.15) is 0 Å². The predicted octanol–water partition coefficient (Wildman–Crippen LogP) is 2.46. The third-order valence-electron chi connectivity index (χ3n) is 5.33. The molecule has 1 N–H and O–H groups in total. The molecule has 0 aliphatic carbocycles. The lowest BCUT2D eigenvalue weighted by molar-refractivity contribution is -0.121. The lowest BCUT2D eigenvalue weighted by Crippen LogP contribution is -2.48. The summed E-state index contributed by atoms with van der Waals surface area (Å²) >= 11 is 0. The number of anilines is 1. The van der Waals surface area contributed by atoms with Crippen molar-refractivity contribution in [2.24, 2.45) is 5.92 Å². The summed E-state index contributed by atoms with van der Waals surface area (Å²) in [6, 6.07) is 7.31. The number of hydrogen-bond acceptors (Lipinski definition) is 3. The monoisotopic (exact) mass is 329 g/mol. The van der Waals surface area contributed by atoms with Crippen LogP contribution in [0.15, 0.2) is 18.2 Å². The van der Waals surface area contributed by atoms with Gasteiger partial charge in [-0.15, -0.1) is 0 Å². The maximum atomic E-state index is 12.4. The van der Waals surface area contributed by atoms with Gasteiger partial charge in [0.05, 0.1) is 0 Å². The normalized spacial score (nSPS) is 20.1. The molecule has 1 unspecified atom stereocenters. The Labute approximate surface area is 146 Å². The van der Waals surface area contributed by atoms with Crippen molar-refractivity contribution in [2.75, 3.05) is 37.6 Å². The topological polar surface area (TPSA) is 35.6 Å². The number of amides is 1. The van der Waals surface area contributed by atoms with E-state index in [2.05, 4.69) is 35.3 Å². The van der Waals surface area contributed by atoms with Crippen molar-refractivity contribution in [1.29, 1.82) is 0 Å². The number of nitrogens with zero attached hydrogens (tertiary/aromatic N) is 2. The number of rotatable bonds is 4. The molecule has 1 amide bonds. The van der Waals surface area contributed by atoms with Gasteiger partial charge in [0.25, 0.3) is 0 Å². The highest BCUT2D eigenvalue weighted by Crippen LogP contribution is 2.29. The number of benzene rings is 1. The first kappa shape index (κ1) is 17.4. The van der Waals surface area contributed by atoms with Crippen LogP contribution in [0.2, 0.25) is 0 Å². The minimum Gasteiger partial charge on any atom is -0.314 e. The molecule has 4 heteroatoms. The average molecular weight is 329 g/mol. The van der Waals surface area contributed by atoms with E-state index < -0.39 is 0 Å². The van der Waals surface area contributed by atoms with E-state index in [1.165, 1.54) is 11.1 Å². The SMILES string of the molecule is CC(C)C(=O)N1CCCc2cc(CC(C)N3CCNCC3)ccc21. The molecule has 0 bridgehead atoms. The van der Waals surface area contributed by atoms with E-state index in [1.54, 1.807) is 0 Å². The first-order chi connectivity index (χ1) is 11.6. The van der Waals surface area contributed by atoms with Crippen molar-refractivity contribution in [1.82, 2.24) is 10.2 Å². The lowest BCUT2D eigenvalue weighted by atomic mass is 9.95. The van der Waals surface area contributed by atoms with Crippen LogP contribution in [-0.4, -0.2) is 49.6 Å². The highest BCUT2D eigenvalue weighted by atomic mass is 16.2. The minimum absolute atomic E-state index is 0.0587. The third-order valence-corrected chi connectivity index (χ3v) is 5.33. The van der Waals surface area contributed by atoms with Crippen molar-refractivity contribution in [2.45, 2.75) is 46.1 Å². The molecule has 0 spiro atoms. The van der Waals surface area contributed by atoms with Crippen LogP contribution in [-0.2, 0) is 17.6 Å². The number of nitrogens with one attached hydrogen (secondary N) is 1. The van der Waals surface area contributed by atoms with Crippen LogP contribution in [0.4, 0.5) is 5.69 Å². The Morgan fingerprint density at radius 1 is 1.17 bits per heavy atom. The quantitative estimate of drug-likeness (QED) is 0.922. The number of piperazine rings is 1. The summed E-state index contributed by atoms with van der Waals surface area (Å²) in [7, 11) is 0. The Hall–Kier alpha value is -1.39. The zero-order chi connectivity index (χ0) is 17.1. The van der Waals surface area contributed by atoms with E-state index in [9.17, 15) is 4.79 Å². The van der Waals surface area contributed by atoms with Crippen molar-refractivity contribution in [3.05, 3.63) is 29.3 Å². The molecule has 1 aromatic rings. The van der Waals surface area contributed by atoms with Gasteiger partial charge in [0.15, 0.2) is 0 Å². The smallest absolute Gasteiger partial charge is 0.229 e. The molecule has 0 aromatic heterocycles. The van der Waals surface area contributed by atoms with Gasteiger partial charge < -0.3 is 10.2 Å². The number of carbonyl (C=O) groups is 1. The summed E-state index contributed by atoms with van der Waals surface area (Å²) in [4.78, 5) is 17.0. The van der Waals surface area contributed by atoms with Gasteiger partial charge >= 0.3 is 0 Å². The molecule has 1 saturated heterocycles. The molecule has 132 valence electrons. The van der Waals surface area contributed by atoms with Crippen molar-refractivity contribution < 1.29 is 4.79 Å². The molecule has 1 aromatic carbocycles. The van der Waals surface area contributed by atoms with Crippen LogP contribution in [0.1, 0.15) is 38.3 Å². The second-order valence-electron chi connectivity index (χ2n) is 7.55. The summed E-state index contributed by atoms with van der Waals surface area (Å²) in [5.41, 5.74) is 3.89. The molecular weight excluding hydrogens is 298 g/mol. The Morgan fingerprint density at radius 3 is 2.62 bits per heavy atom. The predicted molar refractivity (Wildman–Crippen MR) is 99.6 cm³/mol. The Balaban J connectivity index is 1.72. The second kappa shape index (κ2) is 7.66. The van der Waals surface area contributed by atoms with E-state index in [-0.39, 0.29) is 11.8 Å². The van der Waals surface area contributed by atoms with E-state index in [1.807, 2.05) is 18.7 Å². The standard InChI is InChI=1S/C20H31N3O/c1-15(2)20(24)23-10-4-5-18-14-17(6-7-19(18)23)13-16(3)22-11-8-21-9-12-22/h6-7,14-16,21H,4-5,8-13H2,1-3H3. The fourth-order valence-electron chi connectivity index (χ4n) is 3.91. The van der Waals surface area contributed by atoms with Gasteiger partial charge in [-0.05, 0) is 43.4 Å². The molecule has 3 rings (SSSR count). The molecule has 1 atom stereocenters. The van der Waals surface area contributed by atoms with Gasteiger partial charge in [0, 0.05) is 50.4 Å². The molecule has 2 aliphatic rings. The van der Waals surface area contributed by atoms with Gasteiger partial charge in [0.2, 0.25) is 5.91 Å². The first-order valence-corrected chi connectivity index (χ1v) is 9.44. The minimum atomic E-state index is 0.0587. The number of aryl methyl sites for hydroxylation is 1. The van der Waals surface area contributed by atoms with Crippen LogP contribution in [0.3, 0.4) is 0 Å². The molecule has 2 heterocycles. The zero-order valence-corrected chi connectivity index (χ0v) is 15.3. The second-order valence-corrected chi connectivity index (χ2v) is 7.55.